The number of carboxylic acids is 1. The van der Waals surface area contributed by atoms with Gasteiger partial charge in [-0.2, -0.15) is 0 Å². The summed E-state index contributed by atoms with van der Waals surface area (Å²) in [5, 5.41) is 27.4. The summed E-state index contributed by atoms with van der Waals surface area (Å²) in [6.45, 7) is 3.74. The average molecular weight is 340 g/mol. The van der Waals surface area contributed by atoms with Crippen LogP contribution in [0.25, 0.3) is 0 Å². The van der Waals surface area contributed by atoms with Crippen molar-refractivity contribution in [1.82, 2.24) is 4.90 Å². The number of aliphatic carboxylic acids is 1. The molecule has 2 aliphatic rings. The van der Waals surface area contributed by atoms with E-state index in [2.05, 4.69) is 4.90 Å². The first-order valence-electron chi connectivity index (χ1n) is 8.78. The van der Waals surface area contributed by atoms with Crippen LogP contribution in [0.2, 0.25) is 6.32 Å². The van der Waals surface area contributed by atoms with Crippen LogP contribution in [0.5, 0.6) is 0 Å². The molecule has 5 N–H and O–H groups in total. The number of carboxylic acid groups (broad SMARTS) is 1. The second kappa shape index (κ2) is 7.95. The number of carbonyl (C=O) groups is 2. The van der Waals surface area contributed by atoms with Gasteiger partial charge in [0.05, 0.1) is 11.5 Å². The lowest BCUT2D eigenvalue weighted by Gasteiger charge is -2.43. The molecule has 5 atom stereocenters. The van der Waals surface area contributed by atoms with Crippen LogP contribution in [-0.2, 0) is 9.59 Å². The van der Waals surface area contributed by atoms with E-state index in [0.29, 0.717) is 37.5 Å². The van der Waals surface area contributed by atoms with E-state index >= 15 is 0 Å². The number of carbonyl (C=O) groups excluding carboxylic acids is 1. The molecule has 0 aromatic rings. The number of hydrogen-bond donors (Lipinski definition) is 4. The summed E-state index contributed by atoms with van der Waals surface area (Å²) in [5.74, 6) is -0.163. The van der Waals surface area contributed by atoms with Crippen LogP contribution < -0.4 is 5.73 Å². The maximum atomic E-state index is 11.4. The minimum absolute atomic E-state index is 0.178. The van der Waals surface area contributed by atoms with Gasteiger partial charge in [-0.25, -0.2) is 0 Å². The van der Waals surface area contributed by atoms with Crippen molar-refractivity contribution in [3.8, 4) is 0 Å². The molecule has 1 aliphatic carbocycles. The van der Waals surface area contributed by atoms with Crippen LogP contribution in [0, 0.1) is 23.7 Å². The lowest BCUT2D eigenvalue weighted by atomic mass is 9.62. The van der Waals surface area contributed by atoms with Gasteiger partial charge in [0, 0.05) is 19.6 Å². The van der Waals surface area contributed by atoms with E-state index in [0.717, 1.165) is 32.2 Å². The normalized spacial score (nSPS) is 32.8. The number of fused-ring (bicyclic) bond motifs is 1. The highest BCUT2D eigenvalue weighted by molar-refractivity contribution is 6.40. The van der Waals surface area contributed by atoms with Crippen LogP contribution in [0.3, 0.4) is 0 Å². The predicted molar refractivity (Wildman–Crippen MR) is 90.2 cm³/mol. The van der Waals surface area contributed by atoms with E-state index in [9.17, 15) is 14.7 Å². The van der Waals surface area contributed by atoms with Crippen LogP contribution in [0.4, 0.5) is 0 Å². The predicted octanol–water partition coefficient (Wildman–Crippen LogP) is -0.185. The molecule has 136 valence electrons. The van der Waals surface area contributed by atoms with Crippen LogP contribution in [0.1, 0.15) is 32.6 Å². The topological polar surface area (TPSA) is 124 Å². The van der Waals surface area contributed by atoms with Gasteiger partial charge in [-0.15, -0.1) is 0 Å². The number of likely N-dealkylation sites (tertiary alicyclic amines) is 1. The molecule has 2 fully saturated rings. The molecule has 2 rings (SSSR count). The molecule has 3 unspecified atom stereocenters. The molecular weight excluding hydrogens is 311 g/mol. The Morgan fingerprint density at radius 1 is 1.38 bits per heavy atom. The molecule has 0 amide bonds. The SMILES string of the molecule is CC(N)(C=O)CN1C[C@@H](CCCB(O)O)CC2C(C(=O)O)C[C@@H]2C1. The van der Waals surface area contributed by atoms with Crippen molar-refractivity contribution in [2.75, 3.05) is 19.6 Å². The molecule has 1 saturated carbocycles. The number of nitrogens with zero attached hydrogens (tertiary/aromatic N) is 1. The molecule has 0 bridgehead atoms. The van der Waals surface area contributed by atoms with Crippen molar-refractivity contribution in [1.29, 1.82) is 0 Å². The minimum atomic E-state index is -1.29. The van der Waals surface area contributed by atoms with E-state index in [4.69, 9.17) is 15.8 Å². The van der Waals surface area contributed by atoms with E-state index in [1.165, 1.54) is 0 Å². The molecule has 0 radical (unpaired) electrons. The zero-order chi connectivity index (χ0) is 17.9. The molecule has 1 saturated heterocycles. The molecule has 0 aromatic heterocycles. The highest BCUT2D eigenvalue weighted by atomic mass is 16.4. The third-order valence-electron chi connectivity index (χ3n) is 5.52. The molecule has 24 heavy (non-hydrogen) atoms. The summed E-state index contributed by atoms with van der Waals surface area (Å²) in [6.07, 6.45) is 4.16. The Morgan fingerprint density at radius 3 is 2.67 bits per heavy atom. The van der Waals surface area contributed by atoms with E-state index < -0.39 is 18.6 Å². The Bertz CT molecular complexity index is 460. The molecule has 1 aliphatic heterocycles. The zero-order valence-corrected chi connectivity index (χ0v) is 14.3. The van der Waals surface area contributed by atoms with Crippen molar-refractivity contribution in [3.05, 3.63) is 0 Å². The lowest BCUT2D eigenvalue weighted by Crippen LogP contribution is -2.52. The van der Waals surface area contributed by atoms with Gasteiger partial charge in [0.25, 0.3) is 0 Å². The van der Waals surface area contributed by atoms with Gasteiger partial charge in [-0.05, 0) is 50.3 Å². The number of aldehydes is 1. The van der Waals surface area contributed by atoms with Crippen molar-refractivity contribution >= 4 is 19.4 Å². The van der Waals surface area contributed by atoms with Gasteiger partial charge < -0.3 is 30.6 Å². The molecular formula is C16H29BN2O5. The van der Waals surface area contributed by atoms with E-state index in [1.54, 1.807) is 6.92 Å². The maximum absolute atomic E-state index is 11.4. The average Bonchev–Trinajstić information content (AvgIpc) is 2.57. The standard InChI is InChI=1S/C16H29BN2O5/c1-16(18,10-20)9-19-7-11(3-2-4-17(23)24)5-13-12(8-19)6-14(13)15(21)22/h10-14,23-24H,2-9,18H2,1H3,(H,21,22)/t11-,12+,13?,14?,16?/m0/s1. The fourth-order valence-electron chi connectivity index (χ4n) is 4.34. The second-order valence-electron chi connectivity index (χ2n) is 7.94. The summed E-state index contributed by atoms with van der Waals surface area (Å²) in [6, 6.07) is 0. The number of rotatable bonds is 8. The van der Waals surface area contributed by atoms with Crippen molar-refractivity contribution in [2.45, 2.75) is 44.5 Å². The Morgan fingerprint density at radius 2 is 2.08 bits per heavy atom. The quantitative estimate of drug-likeness (QED) is 0.357. The second-order valence-corrected chi connectivity index (χ2v) is 7.94. The molecule has 7 nitrogen and oxygen atoms in total. The Balaban J connectivity index is 2.01. The smallest absolute Gasteiger partial charge is 0.451 e. The first kappa shape index (κ1) is 19.4. The largest absolute Gasteiger partial charge is 0.481 e. The summed E-state index contributed by atoms with van der Waals surface area (Å²) in [4.78, 5) is 24.7. The van der Waals surface area contributed by atoms with Gasteiger partial charge in [0.2, 0.25) is 0 Å². The molecule has 0 spiro atoms. The van der Waals surface area contributed by atoms with Crippen LogP contribution in [-0.4, -0.2) is 64.6 Å². The summed E-state index contributed by atoms with van der Waals surface area (Å²) >= 11 is 0. The third-order valence-corrected chi connectivity index (χ3v) is 5.52. The third kappa shape index (κ3) is 5.02. The van der Waals surface area contributed by atoms with E-state index in [-0.39, 0.29) is 11.8 Å². The van der Waals surface area contributed by atoms with Gasteiger partial charge >= 0.3 is 13.1 Å². The minimum Gasteiger partial charge on any atom is -0.481 e. The fraction of sp³-hybridized carbons (Fsp3) is 0.875. The lowest BCUT2D eigenvalue weighted by molar-refractivity contribution is -0.151. The van der Waals surface area contributed by atoms with Gasteiger partial charge in [-0.3, -0.25) is 4.79 Å². The van der Waals surface area contributed by atoms with Crippen LogP contribution in [0.15, 0.2) is 0 Å². The van der Waals surface area contributed by atoms with Gasteiger partial charge in [-0.1, -0.05) is 6.42 Å². The van der Waals surface area contributed by atoms with Crippen molar-refractivity contribution in [3.63, 3.8) is 0 Å². The van der Waals surface area contributed by atoms with Crippen molar-refractivity contribution in [2.24, 2.45) is 29.4 Å². The van der Waals surface area contributed by atoms with Gasteiger partial charge in [0.1, 0.15) is 6.29 Å². The Kier molecular flexibility index (Phi) is 6.42. The Hall–Kier alpha value is -0.955. The number of hydrogen-bond acceptors (Lipinski definition) is 6. The molecule has 0 aromatic carbocycles. The first-order chi connectivity index (χ1) is 11.2. The van der Waals surface area contributed by atoms with Crippen LogP contribution >= 0.6 is 0 Å². The first-order valence-corrected chi connectivity index (χ1v) is 8.78. The Labute approximate surface area is 143 Å². The van der Waals surface area contributed by atoms with Crippen molar-refractivity contribution < 1.29 is 24.7 Å². The number of nitrogens with two attached hydrogens (primary N) is 1. The highest BCUT2D eigenvalue weighted by Crippen LogP contribution is 2.47. The monoisotopic (exact) mass is 340 g/mol. The maximum Gasteiger partial charge on any atom is 0.451 e. The molecule has 8 heteroatoms. The summed E-state index contributed by atoms with van der Waals surface area (Å²) in [7, 11) is -1.29. The highest BCUT2D eigenvalue weighted by Gasteiger charge is 2.48. The molecule has 1 heterocycles. The summed E-state index contributed by atoms with van der Waals surface area (Å²) in [5.41, 5.74) is 5.09. The van der Waals surface area contributed by atoms with E-state index in [1.807, 2.05) is 0 Å². The summed E-state index contributed by atoms with van der Waals surface area (Å²) < 4.78 is 0. The van der Waals surface area contributed by atoms with Gasteiger partial charge in [0.15, 0.2) is 0 Å². The fourth-order valence-corrected chi connectivity index (χ4v) is 4.34. The zero-order valence-electron chi connectivity index (χ0n) is 14.3.